The number of carbonyl (C=O) groups excluding carboxylic acids is 1. The van der Waals surface area contributed by atoms with Crippen LogP contribution in [-0.4, -0.2) is 27.1 Å². The van der Waals surface area contributed by atoms with Crippen molar-refractivity contribution < 1.29 is 17.6 Å². The fourth-order valence-electron chi connectivity index (χ4n) is 2.22. The molecule has 0 aliphatic rings. The van der Waals surface area contributed by atoms with E-state index in [1.165, 1.54) is 12.1 Å². The standard InChI is InChI=1S/C17H18BrFN2O3S/c1-12-8-15(6-7-16(12)18)21(25(2,23)24)11-17(22)20-10-13-4-3-5-14(19)9-13/h3-9H,10-11H2,1-2H3,(H,20,22). The zero-order valence-electron chi connectivity index (χ0n) is 13.8. The quantitative estimate of drug-likeness (QED) is 0.768. The molecule has 134 valence electrons. The first-order valence-electron chi connectivity index (χ1n) is 7.42. The molecule has 0 aliphatic heterocycles. The summed E-state index contributed by atoms with van der Waals surface area (Å²) in [6.07, 6.45) is 1.05. The summed E-state index contributed by atoms with van der Waals surface area (Å²) >= 11 is 3.36. The fraction of sp³-hybridized carbons (Fsp3) is 0.235. The number of benzene rings is 2. The number of carbonyl (C=O) groups is 1. The molecule has 2 aromatic carbocycles. The van der Waals surface area contributed by atoms with E-state index in [4.69, 9.17) is 0 Å². The Morgan fingerprint density at radius 3 is 2.56 bits per heavy atom. The van der Waals surface area contributed by atoms with E-state index in [-0.39, 0.29) is 13.1 Å². The van der Waals surface area contributed by atoms with Crippen LogP contribution in [0.25, 0.3) is 0 Å². The molecule has 2 aromatic rings. The van der Waals surface area contributed by atoms with Crippen LogP contribution in [0, 0.1) is 12.7 Å². The average Bonchev–Trinajstić information content (AvgIpc) is 2.52. The third-order valence-corrected chi connectivity index (χ3v) is 5.53. The Hall–Kier alpha value is -1.93. The molecular weight excluding hydrogens is 411 g/mol. The Morgan fingerprint density at radius 1 is 1.24 bits per heavy atom. The smallest absolute Gasteiger partial charge is 0.241 e. The largest absolute Gasteiger partial charge is 0.350 e. The molecular formula is C17H18BrFN2O3S. The van der Waals surface area contributed by atoms with Gasteiger partial charge in [-0.25, -0.2) is 12.8 Å². The van der Waals surface area contributed by atoms with E-state index < -0.39 is 21.7 Å². The van der Waals surface area contributed by atoms with Crippen LogP contribution < -0.4 is 9.62 Å². The van der Waals surface area contributed by atoms with E-state index in [0.717, 1.165) is 20.6 Å². The molecule has 5 nitrogen and oxygen atoms in total. The second kappa shape index (κ2) is 7.97. The van der Waals surface area contributed by atoms with Crippen LogP contribution >= 0.6 is 15.9 Å². The van der Waals surface area contributed by atoms with Crippen molar-refractivity contribution in [2.24, 2.45) is 0 Å². The van der Waals surface area contributed by atoms with Gasteiger partial charge in [0.15, 0.2) is 0 Å². The van der Waals surface area contributed by atoms with Crippen LogP contribution in [0.4, 0.5) is 10.1 Å². The second-order valence-corrected chi connectivity index (χ2v) is 8.37. The molecule has 0 atom stereocenters. The van der Waals surface area contributed by atoms with Gasteiger partial charge in [0.05, 0.1) is 11.9 Å². The number of rotatable bonds is 6. The lowest BCUT2D eigenvalue weighted by Crippen LogP contribution is -2.40. The number of sulfonamides is 1. The summed E-state index contributed by atoms with van der Waals surface area (Å²) in [5.41, 5.74) is 1.86. The zero-order chi connectivity index (χ0) is 18.6. The van der Waals surface area contributed by atoms with E-state index in [1.54, 1.807) is 30.3 Å². The molecule has 0 aromatic heterocycles. The minimum Gasteiger partial charge on any atom is -0.350 e. The fourth-order valence-corrected chi connectivity index (χ4v) is 3.31. The van der Waals surface area contributed by atoms with Gasteiger partial charge in [-0.1, -0.05) is 28.1 Å². The topological polar surface area (TPSA) is 66.5 Å². The van der Waals surface area contributed by atoms with Crippen molar-refractivity contribution in [1.82, 2.24) is 5.32 Å². The Bertz CT molecular complexity index is 887. The minimum atomic E-state index is -3.64. The molecule has 0 saturated carbocycles. The number of halogens is 2. The van der Waals surface area contributed by atoms with Gasteiger partial charge < -0.3 is 5.32 Å². The maximum absolute atomic E-state index is 13.1. The van der Waals surface area contributed by atoms with Crippen LogP contribution in [0.15, 0.2) is 46.9 Å². The first kappa shape index (κ1) is 19.4. The molecule has 0 aliphatic carbocycles. The molecule has 0 fully saturated rings. The van der Waals surface area contributed by atoms with Gasteiger partial charge in [0.25, 0.3) is 0 Å². The van der Waals surface area contributed by atoms with Crippen LogP contribution in [-0.2, 0) is 21.4 Å². The molecule has 25 heavy (non-hydrogen) atoms. The normalized spacial score (nSPS) is 11.2. The lowest BCUT2D eigenvalue weighted by molar-refractivity contribution is -0.119. The third-order valence-electron chi connectivity index (χ3n) is 3.50. The lowest BCUT2D eigenvalue weighted by atomic mass is 10.2. The highest BCUT2D eigenvalue weighted by atomic mass is 79.9. The summed E-state index contributed by atoms with van der Waals surface area (Å²) < 4.78 is 39.2. The Morgan fingerprint density at radius 2 is 1.96 bits per heavy atom. The van der Waals surface area contributed by atoms with E-state index in [9.17, 15) is 17.6 Å². The van der Waals surface area contributed by atoms with Crippen molar-refractivity contribution in [3.63, 3.8) is 0 Å². The lowest BCUT2D eigenvalue weighted by Gasteiger charge is -2.22. The zero-order valence-corrected chi connectivity index (χ0v) is 16.2. The molecule has 0 radical (unpaired) electrons. The van der Waals surface area contributed by atoms with Crippen LogP contribution in [0.1, 0.15) is 11.1 Å². The van der Waals surface area contributed by atoms with Gasteiger partial charge in [0.2, 0.25) is 15.9 Å². The highest BCUT2D eigenvalue weighted by Crippen LogP contribution is 2.24. The van der Waals surface area contributed by atoms with Gasteiger partial charge >= 0.3 is 0 Å². The Balaban J connectivity index is 2.11. The molecule has 2 rings (SSSR count). The van der Waals surface area contributed by atoms with Crippen LogP contribution in [0.5, 0.6) is 0 Å². The van der Waals surface area contributed by atoms with Crippen molar-refractivity contribution in [1.29, 1.82) is 0 Å². The third kappa shape index (κ3) is 5.54. The number of aryl methyl sites for hydroxylation is 1. The van der Waals surface area contributed by atoms with Gasteiger partial charge in [-0.15, -0.1) is 0 Å². The number of nitrogens with zero attached hydrogens (tertiary/aromatic N) is 1. The van der Waals surface area contributed by atoms with E-state index >= 15 is 0 Å². The Labute approximate surface area is 155 Å². The molecule has 1 amide bonds. The monoisotopic (exact) mass is 428 g/mol. The number of hydrogen-bond donors (Lipinski definition) is 1. The first-order valence-corrected chi connectivity index (χ1v) is 10.1. The highest BCUT2D eigenvalue weighted by molar-refractivity contribution is 9.10. The van der Waals surface area contributed by atoms with Crippen molar-refractivity contribution in [2.75, 3.05) is 17.1 Å². The first-order chi connectivity index (χ1) is 11.7. The summed E-state index contributed by atoms with van der Waals surface area (Å²) in [7, 11) is -3.64. The summed E-state index contributed by atoms with van der Waals surface area (Å²) in [6.45, 7) is 1.60. The number of amides is 1. The summed E-state index contributed by atoms with van der Waals surface area (Å²) in [4.78, 5) is 12.2. The molecule has 0 bridgehead atoms. The van der Waals surface area contributed by atoms with Crippen molar-refractivity contribution in [2.45, 2.75) is 13.5 Å². The SMILES string of the molecule is Cc1cc(N(CC(=O)NCc2cccc(F)c2)S(C)(=O)=O)ccc1Br. The van der Waals surface area contributed by atoms with E-state index in [2.05, 4.69) is 21.2 Å². The van der Waals surface area contributed by atoms with Gasteiger partial charge in [-0.2, -0.15) is 0 Å². The van der Waals surface area contributed by atoms with Crippen molar-refractivity contribution in [3.8, 4) is 0 Å². The van der Waals surface area contributed by atoms with Crippen molar-refractivity contribution in [3.05, 3.63) is 63.9 Å². The Kier molecular flexibility index (Phi) is 6.18. The van der Waals surface area contributed by atoms with E-state index in [0.29, 0.717) is 11.3 Å². The molecule has 8 heteroatoms. The second-order valence-electron chi connectivity index (χ2n) is 5.61. The van der Waals surface area contributed by atoms with Gasteiger partial charge in [-0.3, -0.25) is 9.10 Å². The number of anilines is 1. The molecule has 0 unspecified atom stereocenters. The van der Waals surface area contributed by atoms with E-state index in [1.807, 2.05) is 6.92 Å². The molecule has 0 spiro atoms. The molecule has 0 heterocycles. The van der Waals surface area contributed by atoms with Crippen LogP contribution in [0.3, 0.4) is 0 Å². The summed E-state index contributed by atoms with van der Waals surface area (Å²) in [5.74, 6) is -0.870. The maximum Gasteiger partial charge on any atom is 0.241 e. The summed E-state index contributed by atoms with van der Waals surface area (Å²) in [6, 6.07) is 10.9. The van der Waals surface area contributed by atoms with Gasteiger partial charge in [0.1, 0.15) is 12.4 Å². The minimum absolute atomic E-state index is 0.119. The van der Waals surface area contributed by atoms with Crippen molar-refractivity contribution >= 4 is 37.5 Å². The summed E-state index contributed by atoms with van der Waals surface area (Å²) in [5, 5.41) is 2.60. The van der Waals surface area contributed by atoms with Gasteiger partial charge in [-0.05, 0) is 48.4 Å². The van der Waals surface area contributed by atoms with Gasteiger partial charge in [0, 0.05) is 11.0 Å². The predicted molar refractivity (Wildman–Crippen MR) is 99.3 cm³/mol. The number of nitrogens with one attached hydrogen (secondary N) is 1. The molecule has 0 saturated heterocycles. The van der Waals surface area contributed by atoms with Crippen LogP contribution in [0.2, 0.25) is 0 Å². The number of hydrogen-bond acceptors (Lipinski definition) is 3. The maximum atomic E-state index is 13.1. The predicted octanol–water partition coefficient (Wildman–Crippen LogP) is 2.98. The highest BCUT2D eigenvalue weighted by Gasteiger charge is 2.21. The average molecular weight is 429 g/mol. The molecule has 1 N–H and O–H groups in total.